The Morgan fingerprint density at radius 3 is 2.70 bits per heavy atom. The summed E-state index contributed by atoms with van der Waals surface area (Å²) in [6.45, 7) is 3.16. The van der Waals surface area contributed by atoms with Gasteiger partial charge in [-0.25, -0.2) is 0 Å². The van der Waals surface area contributed by atoms with E-state index in [2.05, 4.69) is 15.9 Å². The lowest BCUT2D eigenvalue weighted by atomic mass is 10.3. The van der Waals surface area contributed by atoms with E-state index in [1.807, 2.05) is 0 Å². The first-order valence-electron chi connectivity index (χ1n) is 6.38. The Bertz CT molecular complexity index is 529. The van der Waals surface area contributed by atoms with Crippen LogP contribution in [0.15, 0.2) is 22.7 Å². The van der Waals surface area contributed by atoms with Crippen molar-refractivity contribution in [2.24, 2.45) is 0 Å². The number of ether oxygens (including phenoxy) is 1. The lowest BCUT2D eigenvalue weighted by Gasteiger charge is -2.21. The van der Waals surface area contributed by atoms with Crippen LogP contribution < -0.4 is 4.74 Å². The molecule has 2 rings (SSSR count). The molecule has 1 aliphatic heterocycles. The van der Waals surface area contributed by atoms with Crippen LogP contribution in [0.1, 0.15) is 19.8 Å². The first-order chi connectivity index (χ1) is 9.49. The molecule has 7 heteroatoms. The molecule has 0 spiro atoms. The number of benzene rings is 1. The third-order valence-electron chi connectivity index (χ3n) is 3.19. The molecule has 1 unspecified atom stereocenters. The number of non-ortho nitro benzene ring substituents is 1. The predicted molar refractivity (Wildman–Crippen MR) is 76.7 cm³/mol. The van der Waals surface area contributed by atoms with Gasteiger partial charge in [0.1, 0.15) is 5.75 Å². The van der Waals surface area contributed by atoms with Crippen LogP contribution in [0.5, 0.6) is 5.75 Å². The average molecular weight is 343 g/mol. The van der Waals surface area contributed by atoms with Crippen molar-refractivity contribution < 1.29 is 14.5 Å². The van der Waals surface area contributed by atoms with Crippen molar-refractivity contribution in [3.63, 3.8) is 0 Å². The monoisotopic (exact) mass is 342 g/mol. The van der Waals surface area contributed by atoms with Crippen molar-refractivity contribution >= 4 is 27.5 Å². The molecule has 1 atom stereocenters. The first kappa shape index (κ1) is 14.8. The van der Waals surface area contributed by atoms with Crippen molar-refractivity contribution in [2.45, 2.75) is 25.9 Å². The second kappa shape index (κ2) is 6.21. The highest BCUT2D eigenvalue weighted by Gasteiger charge is 2.25. The van der Waals surface area contributed by atoms with Crippen LogP contribution in [-0.2, 0) is 4.79 Å². The molecular formula is C13H15BrN2O4. The minimum absolute atomic E-state index is 0.0657. The summed E-state index contributed by atoms with van der Waals surface area (Å²) in [5.74, 6) is 0.222. The fraction of sp³-hybridized carbons (Fsp3) is 0.462. The molecule has 0 saturated carbocycles. The Labute approximate surface area is 125 Å². The molecule has 108 valence electrons. The quantitative estimate of drug-likeness (QED) is 0.622. The maximum absolute atomic E-state index is 12.1. The zero-order valence-corrected chi connectivity index (χ0v) is 12.6. The average Bonchev–Trinajstić information content (AvgIpc) is 2.94. The van der Waals surface area contributed by atoms with Gasteiger partial charge in [-0.15, -0.1) is 0 Å². The first-order valence-corrected chi connectivity index (χ1v) is 7.17. The molecule has 1 saturated heterocycles. The molecule has 1 heterocycles. The van der Waals surface area contributed by atoms with E-state index in [0.717, 1.165) is 25.9 Å². The van der Waals surface area contributed by atoms with E-state index in [4.69, 9.17) is 4.74 Å². The van der Waals surface area contributed by atoms with Gasteiger partial charge in [-0.05, 0) is 41.8 Å². The SMILES string of the molecule is CC(Oc1cc([N+](=O)[O-])ccc1Br)C(=O)N1CCCC1. The van der Waals surface area contributed by atoms with Crippen LogP contribution >= 0.6 is 15.9 Å². The summed E-state index contributed by atoms with van der Waals surface area (Å²) in [6.07, 6.45) is 1.36. The number of hydrogen-bond donors (Lipinski definition) is 0. The number of halogens is 1. The topological polar surface area (TPSA) is 72.7 Å². The van der Waals surface area contributed by atoms with Crippen LogP contribution in [0, 0.1) is 10.1 Å². The molecule has 0 aliphatic carbocycles. The molecule has 0 aromatic heterocycles. The minimum atomic E-state index is -0.661. The fourth-order valence-electron chi connectivity index (χ4n) is 2.13. The van der Waals surface area contributed by atoms with Crippen LogP contribution in [-0.4, -0.2) is 34.9 Å². The highest BCUT2D eigenvalue weighted by Crippen LogP contribution is 2.30. The summed E-state index contributed by atoms with van der Waals surface area (Å²) in [7, 11) is 0. The van der Waals surface area contributed by atoms with Crippen LogP contribution in [0.25, 0.3) is 0 Å². The number of hydrogen-bond acceptors (Lipinski definition) is 4. The molecule has 0 radical (unpaired) electrons. The zero-order chi connectivity index (χ0) is 14.7. The number of likely N-dealkylation sites (tertiary alicyclic amines) is 1. The number of carbonyl (C=O) groups is 1. The van der Waals surface area contributed by atoms with Crippen molar-refractivity contribution in [1.82, 2.24) is 4.90 Å². The van der Waals surface area contributed by atoms with E-state index in [9.17, 15) is 14.9 Å². The maximum atomic E-state index is 12.1. The third-order valence-corrected chi connectivity index (χ3v) is 3.85. The predicted octanol–water partition coefficient (Wildman–Crippen LogP) is 2.75. The van der Waals surface area contributed by atoms with E-state index in [1.165, 1.54) is 12.1 Å². The molecule has 0 bridgehead atoms. The molecule has 0 N–H and O–H groups in total. The van der Waals surface area contributed by atoms with Crippen LogP contribution in [0.2, 0.25) is 0 Å². The summed E-state index contributed by atoms with van der Waals surface area (Å²) in [6, 6.07) is 4.24. The molecular weight excluding hydrogens is 328 g/mol. The van der Waals surface area contributed by atoms with Gasteiger partial charge in [0.15, 0.2) is 6.10 Å². The number of carbonyl (C=O) groups excluding carboxylic acids is 1. The Morgan fingerprint density at radius 1 is 1.45 bits per heavy atom. The highest BCUT2D eigenvalue weighted by molar-refractivity contribution is 9.10. The summed E-state index contributed by atoms with van der Waals surface area (Å²) in [5.41, 5.74) is -0.0657. The summed E-state index contributed by atoms with van der Waals surface area (Å²) in [5, 5.41) is 10.8. The zero-order valence-electron chi connectivity index (χ0n) is 11.0. The fourth-order valence-corrected chi connectivity index (χ4v) is 2.47. The summed E-state index contributed by atoms with van der Waals surface area (Å²) >= 11 is 3.27. The molecule has 20 heavy (non-hydrogen) atoms. The molecule has 1 fully saturated rings. The standard InChI is InChI=1S/C13H15BrN2O4/c1-9(13(17)15-6-2-3-7-15)20-12-8-10(16(18)19)4-5-11(12)14/h4-5,8-9H,2-3,6-7H2,1H3. The van der Waals surface area contributed by atoms with Gasteiger partial charge in [0.25, 0.3) is 11.6 Å². The second-order valence-corrected chi connectivity index (χ2v) is 5.52. The Balaban J connectivity index is 2.10. The Kier molecular flexibility index (Phi) is 4.59. The number of nitro benzene ring substituents is 1. The second-order valence-electron chi connectivity index (χ2n) is 4.66. The molecule has 1 amide bonds. The van der Waals surface area contributed by atoms with Crippen molar-refractivity contribution in [3.05, 3.63) is 32.8 Å². The van der Waals surface area contributed by atoms with E-state index in [-0.39, 0.29) is 11.6 Å². The lowest BCUT2D eigenvalue weighted by Crippen LogP contribution is -2.38. The van der Waals surface area contributed by atoms with Gasteiger partial charge in [0.05, 0.1) is 15.5 Å². The van der Waals surface area contributed by atoms with E-state index < -0.39 is 11.0 Å². The van der Waals surface area contributed by atoms with Gasteiger partial charge in [0, 0.05) is 19.2 Å². The van der Waals surface area contributed by atoms with Gasteiger partial charge in [-0.3, -0.25) is 14.9 Å². The number of nitro groups is 1. The highest BCUT2D eigenvalue weighted by atomic mass is 79.9. The van der Waals surface area contributed by atoms with Gasteiger partial charge in [0.2, 0.25) is 0 Å². The number of nitrogens with zero attached hydrogens (tertiary/aromatic N) is 2. The molecule has 6 nitrogen and oxygen atoms in total. The summed E-state index contributed by atoms with van der Waals surface area (Å²) < 4.78 is 6.15. The Hall–Kier alpha value is -1.63. The van der Waals surface area contributed by atoms with Crippen LogP contribution in [0.3, 0.4) is 0 Å². The third kappa shape index (κ3) is 3.27. The van der Waals surface area contributed by atoms with Gasteiger partial charge in [-0.1, -0.05) is 0 Å². The van der Waals surface area contributed by atoms with Crippen molar-refractivity contribution in [1.29, 1.82) is 0 Å². The minimum Gasteiger partial charge on any atom is -0.479 e. The lowest BCUT2D eigenvalue weighted by molar-refractivity contribution is -0.385. The molecule has 1 aliphatic rings. The van der Waals surface area contributed by atoms with Crippen molar-refractivity contribution in [2.75, 3.05) is 13.1 Å². The molecule has 1 aromatic rings. The van der Waals surface area contributed by atoms with E-state index in [0.29, 0.717) is 10.2 Å². The van der Waals surface area contributed by atoms with Gasteiger partial charge >= 0.3 is 0 Å². The largest absolute Gasteiger partial charge is 0.479 e. The number of rotatable bonds is 4. The van der Waals surface area contributed by atoms with E-state index in [1.54, 1.807) is 17.9 Å². The maximum Gasteiger partial charge on any atom is 0.273 e. The smallest absolute Gasteiger partial charge is 0.273 e. The van der Waals surface area contributed by atoms with Crippen molar-refractivity contribution in [3.8, 4) is 5.75 Å². The summed E-state index contributed by atoms with van der Waals surface area (Å²) in [4.78, 5) is 24.2. The van der Waals surface area contributed by atoms with Gasteiger partial charge in [-0.2, -0.15) is 0 Å². The van der Waals surface area contributed by atoms with Gasteiger partial charge < -0.3 is 9.64 Å². The van der Waals surface area contributed by atoms with Crippen LogP contribution in [0.4, 0.5) is 5.69 Å². The molecule has 1 aromatic carbocycles. The number of amides is 1. The Morgan fingerprint density at radius 2 is 2.10 bits per heavy atom. The normalized spacial score (nSPS) is 16.0. The van der Waals surface area contributed by atoms with E-state index >= 15 is 0 Å².